The number of carbonyl (C=O) groups is 1. The monoisotopic (exact) mass is 441 g/mol. The minimum Gasteiger partial charge on any atom is -0.296 e. The summed E-state index contributed by atoms with van der Waals surface area (Å²) >= 11 is 5.81. The molecule has 1 heterocycles. The molecule has 1 aromatic heterocycles. The van der Waals surface area contributed by atoms with E-state index in [0.29, 0.717) is 14.6 Å². The van der Waals surface area contributed by atoms with Crippen molar-refractivity contribution in [2.45, 2.75) is 10.1 Å². The van der Waals surface area contributed by atoms with E-state index in [1.165, 1.54) is 53.4 Å². The highest BCUT2D eigenvalue weighted by atomic mass is 79.9. The average molecular weight is 442 g/mol. The van der Waals surface area contributed by atoms with E-state index >= 15 is 0 Å². The van der Waals surface area contributed by atoms with Crippen LogP contribution in [0.1, 0.15) is 15.9 Å². The first-order chi connectivity index (χ1) is 12.0. The molecule has 0 radical (unpaired) electrons. The second-order valence-electron chi connectivity index (χ2n) is 4.87. The minimum atomic E-state index is -0.615. The topological polar surface area (TPSA) is 54.9 Å². The second kappa shape index (κ2) is 8.03. The quantitative estimate of drug-likeness (QED) is 0.440. The highest BCUT2D eigenvalue weighted by Crippen LogP contribution is 2.28. The summed E-state index contributed by atoms with van der Waals surface area (Å²) in [6.07, 6.45) is 0. The van der Waals surface area contributed by atoms with E-state index in [1.807, 2.05) is 0 Å². The fourth-order valence-corrected chi connectivity index (χ4v) is 3.94. The Balaban J connectivity index is 1.62. The van der Waals surface area contributed by atoms with E-state index in [2.05, 4.69) is 31.4 Å². The number of aromatic nitrogens is 2. The Kier molecular flexibility index (Phi) is 5.77. The molecule has 128 valence electrons. The van der Waals surface area contributed by atoms with Gasteiger partial charge < -0.3 is 0 Å². The molecule has 0 atom stereocenters. The maximum atomic E-state index is 13.7. The molecule has 2 aromatic carbocycles. The van der Waals surface area contributed by atoms with Gasteiger partial charge in [-0.2, -0.15) is 0 Å². The van der Waals surface area contributed by atoms with Crippen LogP contribution in [0.2, 0.25) is 0 Å². The van der Waals surface area contributed by atoms with Crippen molar-refractivity contribution in [3.63, 3.8) is 0 Å². The highest BCUT2D eigenvalue weighted by molar-refractivity contribution is 9.10. The van der Waals surface area contributed by atoms with Crippen LogP contribution in [0.4, 0.5) is 13.9 Å². The summed E-state index contributed by atoms with van der Waals surface area (Å²) in [5.74, 6) is -0.890. The number of rotatable bonds is 5. The molecule has 4 nitrogen and oxygen atoms in total. The van der Waals surface area contributed by atoms with E-state index < -0.39 is 11.7 Å². The first-order valence-electron chi connectivity index (χ1n) is 6.98. The summed E-state index contributed by atoms with van der Waals surface area (Å²) in [7, 11) is 0. The van der Waals surface area contributed by atoms with Gasteiger partial charge in [-0.15, -0.1) is 10.2 Å². The molecule has 3 rings (SSSR count). The molecule has 9 heteroatoms. The zero-order valence-electron chi connectivity index (χ0n) is 12.5. The van der Waals surface area contributed by atoms with Crippen molar-refractivity contribution >= 4 is 50.1 Å². The molecule has 0 saturated heterocycles. The molecule has 25 heavy (non-hydrogen) atoms. The number of hydrogen-bond donors (Lipinski definition) is 1. The van der Waals surface area contributed by atoms with Crippen LogP contribution in [-0.4, -0.2) is 16.1 Å². The predicted octanol–water partition coefficient (Wildman–Crippen LogP) is 5.12. The van der Waals surface area contributed by atoms with Gasteiger partial charge in [0, 0.05) is 10.2 Å². The highest BCUT2D eigenvalue weighted by Gasteiger charge is 2.15. The van der Waals surface area contributed by atoms with Gasteiger partial charge in [-0.25, -0.2) is 8.78 Å². The fraction of sp³-hybridized carbons (Fsp3) is 0.0625. The molecular formula is C16H10BrF2N3OS2. The largest absolute Gasteiger partial charge is 0.296 e. The van der Waals surface area contributed by atoms with E-state index in [9.17, 15) is 13.6 Å². The Morgan fingerprint density at radius 2 is 1.92 bits per heavy atom. The number of anilines is 1. The molecule has 0 spiro atoms. The number of nitrogens with zero attached hydrogens (tertiary/aromatic N) is 2. The third-order valence-electron chi connectivity index (χ3n) is 3.08. The Morgan fingerprint density at radius 3 is 2.68 bits per heavy atom. The van der Waals surface area contributed by atoms with Gasteiger partial charge >= 0.3 is 0 Å². The number of thioether (sulfide) groups is 1. The summed E-state index contributed by atoms with van der Waals surface area (Å²) in [5, 5.41) is 10.7. The Labute approximate surface area is 158 Å². The molecule has 0 aliphatic rings. The lowest BCUT2D eigenvalue weighted by Gasteiger charge is -2.03. The molecule has 0 aliphatic heterocycles. The van der Waals surface area contributed by atoms with Crippen molar-refractivity contribution in [3.05, 3.63) is 69.7 Å². The Bertz CT molecular complexity index is 903. The summed E-state index contributed by atoms with van der Waals surface area (Å²) in [5.41, 5.74) is 0.869. The van der Waals surface area contributed by atoms with Crippen molar-refractivity contribution in [1.82, 2.24) is 10.2 Å². The van der Waals surface area contributed by atoms with E-state index in [-0.39, 0.29) is 16.5 Å². The van der Waals surface area contributed by atoms with Gasteiger partial charge in [0.25, 0.3) is 5.91 Å². The first kappa shape index (κ1) is 18.0. The molecule has 1 N–H and O–H groups in total. The fourth-order valence-electron chi connectivity index (χ4n) is 1.88. The van der Waals surface area contributed by atoms with Gasteiger partial charge in [0.15, 0.2) is 4.34 Å². The average Bonchev–Trinajstić information content (AvgIpc) is 3.04. The number of hydrogen-bond acceptors (Lipinski definition) is 5. The maximum Gasteiger partial charge on any atom is 0.260 e. The van der Waals surface area contributed by atoms with Crippen LogP contribution < -0.4 is 5.32 Å². The van der Waals surface area contributed by atoms with Crippen molar-refractivity contribution in [1.29, 1.82) is 0 Å². The molecule has 0 unspecified atom stereocenters. The van der Waals surface area contributed by atoms with Crippen molar-refractivity contribution in [2.75, 3.05) is 5.32 Å². The van der Waals surface area contributed by atoms with Crippen LogP contribution in [0.15, 0.2) is 51.3 Å². The molecule has 0 aliphatic carbocycles. The zero-order chi connectivity index (χ0) is 17.8. The van der Waals surface area contributed by atoms with Crippen LogP contribution in [0, 0.1) is 11.6 Å². The molecule has 0 saturated carbocycles. The predicted molar refractivity (Wildman–Crippen MR) is 97.9 cm³/mol. The van der Waals surface area contributed by atoms with E-state index in [4.69, 9.17) is 0 Å². The van der Waals surface area contributed by atoms with Crippen LogP contribution in [0.25, 0.3) is 0 Å². The van der Waals surface area contributed by atoms with Crippen molar-refractivity contribution < 1.29 is 13.6 Å². The first-order valence-corrected chi connectivity index (χ1v) is 9.58. The van der Waals surface area contributed by atoms with Crippen LogP contribution in [0.3, 0.4) is 0 Å². The Morgan fingerprint density at radius 1 is 1.16 bits per heavy atom. The van der Waals surface area contributed by atoms with E-state index in [0.717, 1.165) is 5.56 Å². The molecule has 3 aromatic rings. The smallest absolute Gasteiger partial charge is 0.260 e. The standard InChI is InChI=1S/C16H10BrF2N3OS2/c17-10-3-6-13(19)12(7-10)14(23)20-15-21-22-16(25-15)24-8-9-1-4-11(18)5-2-9/h1-7H,8H2,(H,20,21,23). The number of benzene rings is 2. The number of nitrogens with one attached hydrogen (secondary N) is 1. The summed E-state index contributed by atoms with van der Waals surface area (Å²) in [6, 6.07) is 10.3. The summed E-state index contributed by atoms with van der Waals surface area (Å²) < 4.78 is 27.8. The SMILES string of the molecule is O=C(Nc1nnc(SCc2ccc(F)cc2)s1)c1cc(Br)ccc1F. The third-order valence-corrected chi connectivity index (χ3v) is 5.61. The number of halogens is 3. The lowest BCUT2D eigenvalue weighted by Crippen LogP contribution is -2.13. The lowest BCUT2D eigenvalue weighted by molar-refractivity contribution is 0.102. The summed E-state index contributed by atoms with van der Waals surface area (Å²) in [4.78, 5) is 12.1. The lowest BCUT2D eigenvalue weighted by atomic mass is 10.2. The van der Waals surface area contributed by atoms with Gasteiger partial charge in [-0.3, -0.25) is 10.1 Å². The van der Waals surface area contributed by atoms with Gasteiger partial charge in [0.05, 0.1) is 5.56 Å². The molecule has 0 fully saturated rings. The van der Waals surface area contributed by atoms with Gasteiger partial charge in [-0.1, -0.05) is 51.2 Å². The molecular weight excluding hydrogens is 432 g/mol. The zero-order valence-corrected chi connectivity index (χ0v) is 15.7. The van der Waals surface area contributed by atoms with Gasteiger partial charge in [0.1, 0.15) is 11.6 Å². The molecule has 0 bridgehead atoms. The summed E-state index contributed by atoms with van der Waals surface area (Å²) in [6.45, 7) is 0. The van der Waals surface area contributed by atoms with E-state index in [1.54, 1.807) is 12.1 Å². The van der Waals surface area contributed by atoms with Crippen LogP contribution >= 0.6 is 39.0 Å². The van der Waals surface area contributed by atoms with Gasteiger partial charge in [0.2, 0.25) is 5.13 Å². The maximum absolute atomic E-state index is 13.7. The third kappa shape index (κ3) is 4.83. The normalized spacial score (nSPS) is 10.7. The minimum absolute atomic E-state index is 0.0786. The van der Waals surface area contributed by atoms with Gasteiger partial charge in [-0.05, 0) is 35.9 Å². The molecule has 1 amide bonds. The van der Waals surface area contributed by atoms with Crippen molar-refractivity contribution in [2.24, 2.45) is 0 Å². The van der Waals surface area contributed by atoms with Crippen LogP contribution in [-0.2, 0) is 5.75 Å². The Hall–Kier alpha value is -1.84. The van der Waals surface area contributed by atoms with Crippen molar-refractivity contribution in [3.8, 4) is 0 Å². The van der Waals surface area contributed by atoms with Crippen LogP contribution in [0.5, 0.6) is 0 Å². The number of amides is 1. The number of carbonyl (C=O) groups excluding carboxylic acids is 1. The second-order valence-corrected chi connectivity index (χ2v) is 7.98.